The summed E-state index contributed by atoms with van der Waals surface area (Å²) in [5, 5.41) is 0. The van der Waals surface area contributed by atoms with E-state index in [1.54, 1.807) is 14.2 Å². The van der Waals surface area contributed by atoms with E-state index in [-0.39, 0.29) is 11.9 Å². The van der Waals surface area contributed by atoms with Crippen LogP contribution in [0.15, 0.2) is 46.9 Å². The van der Waals surface area contributed by atoms with Crippen molar-refractivity contribution < 1.29 is 14.3 Å². The number of ether oxygens (including phenoxy) is 2. The average molecular weight is 376 g/mol. The first-order chi connectivity index (χ1) is 11.1. The smallest absolute Gasteiger partial charge is 0.255 e. The van der Waals surface area contributed by atoms with E-state index < -0.39 is 0 Å². The molecule has 0 radical (unpaired) electrons. The van der Waals surface area contributed by atoms with Gasteiger partial charge in [-0.2, -0.15) is 0 Å². The summed E-state index contributed by atoms with van der Waals surface area (Å²) < 4.78 is 11.6. The van der Waals surface area contributed by atoms with Gasteiger partial charge in [-0.1, -0.05) is 34.1 Å². The molecule has 3 rings (SSSR count). The van der Waals surface area contributed by atoms with Crippen molar-refractivity contribution in [2.45, 2.75) is 12.6 Å². The summed E-state index contributed by atoms with van der Waals surface area (Å²) in [6.45, 7) is 1.03. The van der Waals surface area contributed by atoms with E-state index in [9.17, 15) is 4.79 Å². The molecule has 1 amide bonds. The third-order valence-corrected chi connectivity index (χ3v) is 4.58. The lowest BCUT2D eigenvalue weighted by Crippen LogP contribution is -2.32. The van der Waals surface area contributed by atoms with E-state index in [0.717, 1.165) is 26.9 Å². The highest BCUT2D eigenvalue weighted by molar-refractivity contribution is 9.10. The first kappa shape index (κ1) is 16.0. The Hall–Kier alpha value is -1.85. The lowest BCUT2D eigenvalue weighted by Gasteiger charge is -2.28. The molecule has 0 bridgehead atoms. The van der Waals surface area contributed by atoms with Crippen LogP contribution in [0.4, 0.5) is 0 Å². The zero-order valence-electron chi connectivity index (χ0n) is 13.1. The van der Waals surface area contributed by atoms with Gasteiger partial charge in [0, 0.05) is 23.7 Å². The molecule has 1 atom stereocenters. The van der Waals surface area contributed by atoms with Crippen molar-refractivity contribution in [2.24, 2.45) is 0 Å². The Labute approximate surface area is 144 Å². The van der Waals surface area contributed by atoms with Gasteiger partial charge in [0.05, 0.1) is 19.8 Å². The minimum Gasteiger partial charge on any atom is -0.497 e. The molecule has 5 heteroatoms. The third kappa shape index (κ3) is 3.12. The molecule has 0 aliphatic carbocycles. The van der Waals surface area contributed by atoms with Crippen LogP contribution < -0.4 is 4.74 Å². The Kier molecular flexibility index (Phi) is 4.68. The Morgan fingerprint density at radius 1 is 1.22 bits per heavy atom. The maximum Gasteiger partial charge on any atom is 0.255 e. The fourth-order valence-electron chi connectivity index (χ4n) is 2.92. The van der Waals surface area contributed by atoms with Crippen molar-refractivity contribution in [3.05, 3.63) is 63.6 Å². The number of rotatable bonds is 5. The second-order valence-electron chi connectivity index (χ2n) is 5.48. The fraction of sp³-hybridized carbons (Fsp3) is 0.278. The number of fused-ring (bicyclic) bond motifs is 1. The molecule has 1 aliphatic heterocycles. The largest absolute Gasteiger partial charge is 0.497 e. The highest BCUT2D eigenvalue weighted by Crippen LogP contribution is 2.33. The van der Waals surface area contributed by atoms with E-state index in [2.05, 4.69) is 15.9 Å². The normalized spacial score (nSPS) is 14.7. The number of amides is 1. The van der Waals surface area contributed by atoms with Crippen LogP contribution in [-0.4, -0.2) is 31.6 Å². The van der Waals surface area contributed by atoms with Crippen LogP contribution in [0.5, 0.6) is 5.75 Å². The van der Waals surface area contributed by atoms with Gasteiger partial charge in [-0.3, -0.25) is 4.79 Å². The summed E-state index contributed by atoms with van der Waals surface area (Å²) in [5.41, 5.74) is 2.80. The molecule has 0 spiro atoms. The van der Waals surface area contributed by atoms with Gasteiger partial charge in [0.25, 0.3) is 5.91 Å². The van der Waals surface area contributed by atoms with Crippen molar-refractivity contribution in [1.29, 1.82) is 0 Å². The standard InChI is InChI=1S/C18H18BrNO3/c1-22-11-17(12-4-3-5-15(8-12)23-2)20-10-13-6-7-14(19)9-16(13)18(20)21/h3-9,17H,10-11H2,1-2H3. The molecule has 0 saturated heterocycles. The van der Waals surface area contributed by atoms with Crippen LogP contribution in [-0.2, 0) is 11.3 Å². The lowest BCUT2D eigenvalue weighted by atomic mass is 10.1. The van der Waals surface area contributed by atoms with Crippen molar-refractivity contribution in [3.63, 3.8) is 0 Å². The average Bonchev–Trinajstić information content (AvgIpc) is 2.89. The first-order valence-corrected chi connectivity index (χ1v) is 8.15. The van der Waals surface area contributed by atoms with Crippen LogP contribution in [0.2, 0.25) is 0 Å². The molecule has 120 valence electrons. The van der Waals surface area contributed by atoms with Crippen LogP contribution in [0.1, 0.15) is 27.5 Å². The topological polar surface area (TPSA) is 38.8 Å². The molecule has 1 unspecified atom stereocenters. The molecule has 2 aromatic rings. The van der Waals surface area contributed by atoms with Gasteiger partial charge in [0.15, 0.2) is 0 Å². The first-order valence-electron chi connectivity index (χ1n) is 7.36. The Morgan fingerprint density at radius 3 is 2.78 bits per heavy atom. The zero-order chi connectivity index (χ0) is 16.4. The van der Waals surface area contributed by atoms with Gasteiger partial charge >= 0.3 is 0 Å². The van der Waals surface area contributed by atoms with Crippen LogP contribution >= 0.6 is 15.9 Å². The summed E-state index contributed by atoms with van der Waals surface area (Å²) >= 11 is 3.43. The van der Waals surface area contributed by atoms with Gasteiger partial charge < -0.3 is 14.4 Å². The number of hydrogen-bond acceptors (Lipinski definition) is 3. The van der Waals surface area contributed by atoms with Crippen molar-refractivity contribution in [3.8, 4) is 5.75 Å². The molecule has 1 heterocycles. The maximum absolute atomic E-state index is 12.8. The molecular weight excluding hydrogens is 358 g/mol. The number of nitrogens with zero attached hydrogens (tertiary/aromatic N) is 1. The number of carbonyl (C=O) groups excluding carboxylic acids is 1. The summed E-state index contributed by atoms with van der Waals surface area (Å²) in [6, 6.07) is 13.5. The van der Waals surface area contributed by atoms with E-state index in [4.69, 9.17) is 9.47 Å². The minimum absolute atomic E-state index is 0.0335. The highest BCUT2D eigenvalue weighted by Gasteiger charge is 2.33. The summed E-state index contributed by atoms with van der Waals surface area (Å²) in [6.07, 6.45) is 0. The number of halogens is 1. The van der Waals surface area contributed by atoms with E-state index in [0.29, 0.717) is 13.2 Å². The van der Waals surface area contributed by atoms with Crippen molar-refractivity contribution in [2.75, 3.05) is 20.8 Å². The number of hydrogen-bond donors (Lipinski definition) is 0. The summed E-state index contributed by atoms with van der Waals surface area (Å²) in [7, 11) is 3.29. The van der Waals surface area contributed by atoms with E-state index in [1.807, 2.05) is 47.4 Å². The van der Waals surface area contributed by atoms with Gasteiger partial charge in [0.2, 0.25) is 0 Å². The molecule has 0 aromatic heterocycles. The second-order valence-corrected chi connectivity index (χ2v) is 6.40. The number of methoxy groups -OCH3 is 2. The molecule has 0 N–H and O–H groups in total. The van der Waals surface area contributed by atoms with Gasteiger partial charge in [0.1, 0.15) is 5.75 Å². The monoisotopic (exact) mass is 375 g/mol. The van der Waals surface area contributed by atoms with Crippen molar-refractivity contribution >= 4 is 21.8 Å². The second kappa shape index (κ2) is 6.72. The van der Waals surface area contributed by atoms with E-state index >= 15 is 0 Å². The quantitative estimate of drug-likeness (QED) is 0.797. The minimum atomic E-state index is -0.145. The molecular formula is C18H18BrNO3. The van der Waals surface area contributed by atoms with E-state index in [1.165, 1.54) is 0 Å². The summed E-state index contributed by atoms with van der Waals surface area (Å²) in [4.78, 5) is 14.7. The molecule has 2 aromatic carbocycles. The maximum atomic E-state index is 12.8. The number of benzene rings is 2. The molecule has 4 nitrogen and oxygen atoms in total. The molecule has 0 saturated carbocycles. The molecule has 1 aliphatic rings. The third-order valence-electron chi connectivity index (χ3n) is 4.08. The van der Waals surface area contributed by atoms with Crippen molar-refractivity contribution in [1.82, 2.24) is 4.90 Å². The number of carbonyl (C=O) groups is 1. The van der Waals surface area contributed by atoms with Gasteiger partial charge in [-0.25, -0.2) is 0 Å². The van der Waals surface area contributed by atoms with Crippen LogP contribution in [0.3, 0.4) is 0 Å². The predicted molar refractivity (Wildman–Crippen MR) is 91.6 cm³/mol. The highest BCUT2D eigenvalue weighted by atomic mass is 79.9. The van der Waals surface area contributed by atoms with Gasteiger partial charge in [-0.15, -0.1) is 0 Å². The summed E-state index contributed by atoms with van der Waals surface area (Å²) in [5.74, 6) is 0.807. The Bertz CT molecular complexity index is 732. The Morgan fingerprint density at radius 2 is 2.04 bits per heavy atom. The van der Waals surface area contributed by atoms with Crippen LogP contribution in [0.25, 0.3) is 0 Å². The predicted octanol–water partition coefficient (Wildman–Crippen LogP) is 3.80. The molecule has 0 fully saturated rings. The Balaban J connectivity index is 1.95. The fourth-order valence-corrected chi connectivity index (χ4v) is 3.28. The molecule has 23 heavy (non-hydrogen) atoms. The zero-order valence-corrected chi connectivity index (χ0v) is 14.7. The van der Waals surface area contributed by atoms with Gasteiger partial charge in [-0.05, 0) is 35.4 Å². The SMILES string of the molecule is COCC(c1cccc(OC)c1)N1Cc2ccc(Br)cc2C1=O. The van der Waals surface area contributed by atoms with Crippen LogP contribution in [0, 0.1) is 0 Å². The lowest BCUT2D eigenvalue weighted by molar-refractivity contribution is 0.0551.